The van der Waals surface area contributed by atoms with Gasteiger partial charge in [0, 0.05) is 17.4 Å². The van der Waals surface area contributed by atoms with Gasteiger partial charge in [-0.25, -0.2) is 4.98 Å². The summed E-state index contributed by atoms with van der Waals surface area (Å²) in [6.07, 6.45) is 0.432. The summed E-state index contributed by atoms with van der Waals surface area (Å²) in [6, 6.07) is 7.14. The first kappa shape index (κ1) is 15.3. The SMILES string of the molecule is N#Cc1c(Cc2cccs2)nc(SCc2cc(O)no2)[nH]c1=O. The van der Waals surface area contributed by atoms with E-state index in [0.29, 0.717) is 28.8 Å². The molecule has 7 nitrogen and oxygen atoms in total. The molecule has 23 heavy (non-hydrogen) atoms. The summed E-state index contributed by atoms with van der Waals surface area (Å²) in [6.45, 7) is 0. The molecular formula is C14H10N4O3S2. The van der Waals surface area contributed by atoms with Crippen LogP contribution in [0, 0.1) is 11.3 Å². The first-order valence-electron chi connectivity index (χ1n) is 6.48. The molecule has 0 amide bonds. The van der Waals surface area contributed by atoms with Crippen molar-refractivity contribution in [2.45, 2.75) is 17.3 Å². The van der Waals surface area contributed by atoms with Crippen LogP contribution in [0.5, 0.6) is 5.88 Å². The second kappa shape index (κ2) is 6.68. The molecule has 3 aromatic heterocycles. The topological polar surface area (TPSA) is 116 Å². The van der Waals surface area contributed by atoms with Gasteiger partial charge in [-0.05, 0) is 16.6 Å². The molecule has 0 saturated heterocycles. The number of rotatable bonds is 5. The number of nitrogens with zero attached hydrogens (tertiary/aromatic N) is 3. The molecule has 0 saturated carbocycles. The number of nitrogens with one attached hydrogen (secondary N) is 1. The second-order valence-electron chi connectivity index (χ2n) is 4.50. The maximum Gasteiger partial charge on any atom is 0.269 e. The zero-order valence-corrected chi connectivity index (χ0v) is 13.3. The van der Waals surface area contributed by atoms with Crippen LogP contribution in [0.25, 0.3) is 0 Å². The molecule has 0 aliphatic carbocycles. The first-order valence-corrected chi connectivity index (χ1v) is 8.35. The number of thiophene rings is 1. The number of aromatic hydroxyl groups is 1. The van der Waals surface area contributed by atoms with E-state index in [2.05, 4.69) is 15.1 Å². The van der Waals surface area contributed by atoms with Crippen LogP contribution in [-0.4, -0.2) is 20.2 Å². The van der Waals surface area contributed by atoms with Crippen molar-refractivity contribution in [3.05, 3.63) is 55.8 Å². The number of aromatic amines is 1. The van der Waals surface area contributed by atoms with E-state index in [1.807, 2.05) is 23.6 Å². The van der Waals surface area contributed by atoms with E-state index < -0.39 is 5.56 Å². The number of nitriles is 1. The standard InChI is InChI=1S/C14H10N4O3S2/c15-6-10-11(5-9-2-1-3-22-9)16-14(17-13(10)20)23-7-8-4-12(19)18-21-8/h1-4H,5,7H2,(H,18,19)(H,16,17,20). The average Bonchev–Trinajstić information content (AvgIpc) is 3.17. The molecule has 0 spiro atoms. The highest BCUT2D eigenvalue weighted by molar-refractivity contribution is 7.98. The van der Waals surface area contributed by atoms with Crippen LogP contribution in [0.1, 0.15) is 21.9 Å². The van der Waals surface area contributed by atoms with Crippen LogP contribution in [0.15, 0.2) is 38.1 Å². The van der Waals surface area contributed by atoms with Crippen molar-refractivity contribution in [1.82, 2.24) is 15.1 Å². The molecule has 0 atom stereocenters. The van der Waals surface area contributed by atoms with Crippen molar-refractivity contribution >= 4 is 23.1 Å². The maximum atomic E-state index is 12.0. The van der Waals surface area contributed by atoms with Crippen molar-refractivity contribution < 1.29 is 9.63 Å². The molecule has 0 bridgehead atoms. The van der Waals surface area contributed by atoms with Gasteiger partial charge in [0.25, 0.3) is 11.4 Å². The fourth-order valence-electron chi connectivity index (χ4n) is 1.90. The summed E-state index contributed by atoms with van der Waals surface area (Å²) in [5.74, 6) is 0.612. The van der Waals surface area contributed by atoms with Gasteiger partial charge in [-0.1, -0.05) is 17.8 Å². The van der Waals surface area contributed by atoms with Crippen LogP contribution < -0.4 is 5.56 Å². The molecule has 0 aromatic carbocycles. The van der Waals surface area contributed by atoms with E-state index >= 15 is 0 Å². The molecule has 116 valence electrons. The normalized spacial score (nSPS) is 10.6. The quantitative estimate of drug-likeness (QED) is 0.538. The molecule has 0 fully saturated rings. The Balaban J connectivity index is 1.85. The minimum Gasteiger partial charge on any atom is -0.491 e. The van der Waals surface area contributed by atoms with Gasteiger partial charge < -0.3 is 14.6 Å². The number of H-pyrrole nitrogens is 1. The molecule has 0 aliphatic rings. The minimum atomic E-state index is -0.461. The third-order valence-electron chi connectivity index (χ3n) is 2.90. The highest BCUT2D eigenvalue weighted by Gasteiger charge is 2.13. The Morgan fingerprint density at radius 3 is 3.04 bits per heavy atom. The molecular weight excluding hydrogens is 336 g/mol. The van der Waals surface area contributed by atoms with Gasteiger partial charge in [0.15, 0.2) is 10.9 Å². The van der Waals surface area contributed by atoms with Crippen molar-refractivity contribution in [2.24, 2.45) is 0 Å². The van der Waals surface area contributed by atoms with Gasteiger partial charge in [0.2, 0.25) is 0 Å². The van der Waals surface area contributed by atoms with Crippen LogP contribution >= 0.6 is 23.1 Å². The Kier molecular flexibility index (Phi) is 4.45. The van der Waals surface area contributed by atoms with Crippen molar-refractivity contribution in [2.75, 3.05) is 0 Å². The molecule has 3 heterocycles. The Hall–Kier alpha value is -2.57. The lowest BCUT2D eigenvalue weighted by Gasteiger charge is -2.04. The third kappa shape index (κ3) is 3.61. The van der Waals surface area contributed by atoms with Gasteiger partial charge in [-0.15, -0.1) is 11.3 Å². The predicted molar refractivity (Wildman–Crippen MR) is 84.4 cm³/mol. The molecule has 3 rings (SSSR count). The highest BCUT2D eigenvalue weighted by atomic mass is 32.2. The molecule has 3 aromatic rings. The first-order chi connectivity index (χ1) is 11.2. The van der Waals surface area contributed by atoms with Gasteiger partial charge >= 0.3 is 0 Å². The molecule has 0 aliphatic heterocycles. The van der Waals surface area contributed by atoms with E-state index in [1.165, 1.54) is 17.8 Å². The van der Waals surface area contributed by atoms with E-state index in [1.54, 1.807) is 11.3 Å². The number of hydrogen-bond acceptors (Lipinski definition) is 8. The number of thioether (sulfide) groups is 1. The van der Waals surface area contributed by atoms with Crippen LogP contribution in [-0.2, 0) is 12.2 Å². The largest absolute Gasteiger partial charge is 0.491 e. The van der Waals surface area contributed by atoms with Gasteiger partial charge in [0.05, 0.1) is 11.4 Å². The molecule has 0 unspecified atom stereocenters. The predicted octanol–water partition coefficient (Wildman–Crippen LogP) is 2.28. The Morgan fingerprint density at radius 2 is 2.39 bits per heavy atom. The van der Waals surface area contributed by atoms with Crippen molar-refractivity contribution in [3.8, 4) is 11.9 Å². The zero-order valence-electron chi connectivity index (χ0n) is 11.6. The van der Waals surface area contributed by atoms with E-state index in [9.17, 15) is 4.79 Å². The minimum absolute atomic E-state index is 0.0278. The second-order valence-corrected chi connectivity index (χ2v) is 6.50. The number of aromatic nitrogens is 3. The van der Waals surface area contributed by atoms with Crippen LogP contribution in [0.2, 0.25) is 0 Å². The maximum absolute atomic E-state index is 12.0. The van der Waals surface area contributed by atoms with Gasteiger partial charge in [-0.3, -0.25) is 4.79 Å². The van der Waals surface area contributed by atoms with E-state index in [0.717, 1.165) is 4.88 Å². The lowest BCUT2D eigenvalue weighted by Crippen LogP contribution is -2.16. The summed E-state index contributed by atoms with van der Waals surface area (Å²) in [4.78, 5) is 20.0. The van der Waals surface area contributed by atoms with Crippen molar-refractivity contribution in [3.63, 3.8) is 0 Å². The zero-order chi connectivity index (χ0) is 16.2. The lowest BCUT2D eigenvalue weighted by molar-refractivity contribution is 0.347. The highest BCUT2D eigenvalue weighted by Crippen LogP contribution is 2.22. The molecule has 9 heteroatoms. The lowest BCUT2D eigenvalue weighted by atomic mass is 10.2. The summed E-state index contributed by atoms with van der Waals surface area (Å²) in [5, 5.41) is 24.0. The fraction of sp³-hybridized carbons (Fsp3) is 0.143. The Bertz CT molecular complexity index is 909. The van der Waals surface area contributed by atoms with E-state index in [-0.39, 0.29) is 11.4 Å². The average molecular weight is 346 g/mol. The summed E-state index contributed by atoms with van der Waals surface area (Å²) in [7, 11) is 0. The summed E-state index contributed by atoms with van der Waals surface area (Å²) >= 11 is 2.77. The Labute approximate surface area is 138 Å². The summed E-state index contributed by atoms with van der Waals surface area (Å²) < 4.78 is 4.89. The van der Waals surface area contributed by atoms with Gasteiger partial charge in [0.1, 0.15) is 11.6 Å². The third-order valence-corrected chi connectivity index (χ3v) is 4.68. The van der Waals surface area contributed by atoms with Crippen LogP contribution in [0.4, 0.5) is 0 Å². The smallest absolute Gasteiger partial charge is 0.269 e. The molecule has 2 N–H and O–H groups in total. The van der Waals surface area contributed by atoms with E-state index in [4.69, 9.17) is 14.9 Å². The monoisotopic (exact) mass is 346 g/mol. The molecule has 0 radical (unpaired) electrons. The number of hydrogen-bond donors (Lipinski definition) is 2. The fourth-order valence-corrected chi connectivity index (χ4v) is 3.36. The van der Waals surface area contributed by atoms with Crippen LogP contribution in [0.3, 0.4) is 0 Å². The van der Waals surface area contributed by atoms with Gasteiger partial charge in [-0.2, -0.15) is 5.26 Å². The Morgan fingerprint density at radius 1 is 1.52 bits per heavy atom. The van der Waals surface area contributed by atoms with Crippen molar-refractivity contribution in [1.29, 1.82) is 5.26 Å². The summed E-state index contributed by atoms with van der Waals surface area (Å²) in [5.41, 5.74) is 0.0126.